The van der Waals surface area contributed by atoms with Crippen molar-refractivity contribution in [1.82, 2.24) is 14.6 Å². The van der Waals surface area contributed by atoms with Gasteiger partial charge in [-0.1, -0.05) is 0 Å². The van der Waals surface area contributed by atoms with Crippen LogP contribution in [0, 0.1) is 6.92 Å². The zero-order valence-corrected chi connectivity index (χ0v) is 8.90. The molecule has 0 unspecified atom stereocenters. The van der Waals surface area contributed by atoms with E-state index >= 15 is 0 Å². The summed E-state index contributed by atoms with van der Waals surface area (Å²) in [5, 5.41) is 13.1. The van der Waals surface area contributed by atoms with E-state index in [0.29, 0.717) is 5.65 Å². The number of nitrogens with zero attached hydrogens (tertiary/aromatic N) is 3. The van der Waals surface area contributed by atoms with E-state index in [1.165, 1.54) is 11.8 Å². The van der Waals surface area contributed by atoms with Gasteiger partial charge in [-0.3, -0.25) is 0 Å². The summed E-state index contributed by atoms with van der Waals surface area (Å²) in [5.74, 6) is -0.972. The minimum absolute atomic E-state index is 0.179. The van der Waals surface area contributed by atoms with Crippen LogP contribution in [0.25, 0.3) is 5.65 Å². The van der Waals surface area contributed by atoms with Crippen molar-refractivity contribution in [2.24, 2.45) is 0 Å². The number of hydrogen-bond donors (Lipinski definition) is 1. The highest BCUT2D eigenvalue weighted by Crippen LogP contribution is 2.25. The Morgan fingerprint density at radius 1 is 1.50 bits per heavy atom. The number of aromatic carboxylic acids is 1. The molecule has 0 saturated carbocycles. The molecule has 0 bridgehead atoms. The van der Waals surface area contributed by atoms with Crippen molar-refractivity contribution in [3.05, 3.63) is 28.7 Å². The van der Waals surface area contributed by atoms with Gasteiger partial charge in [0.1, 0.15) is 5.56 Å². The predicted molar refractivity (Wildman–Crippen MR) is 56.7 cm³/mol. The van der Waals surface area contributed by atoms with Gasteiger partial charge in [0.2, 0.25) is 0 Å². The second-order valence-corrected chi connectivity index (χ2v) is 4.07. The molecule has 5 heteroatoms. The summed E-state index contributed by atoms with van der Waals surface area (Å²) < 4.78 is 1.63. The summed E-state index contributed by atoms with van der Waals surface area (Å²) in [6.45, 7) is 1.97. The maximum absolute atomic E-state index is 11.0. The molecule has 2 aromatic heterocycles. The number of fused-ring (bicyclic) bond motifs is 2. The molecule has 0 spiro atoms. The van der Waals surface area contributed by atoms with Gasteiger partial charge >= 0.3 is 5.97 Å². The molecule has 0 radical (unpaired) electrons. The third kappa shape index (κ3) is 1.08. The molecule has 1 aliphatic rings. The highest BCUT2D eigenvalue weighted by molar-refractivity contribution is 5.94. The molecular weight excluding hydrogens is 206 g/mol. The lowest BCUT2D eigenvalue weighted by Crippen LogP contribution is -2.05. The summed E-state index contributed by atoms with van der Waals surface area (Å²) >= 11 is 0. The average molecular weight is 217 g/mol. The van der Waals surface area contributed by atoms with Crippen molar-refractivity contribution in [2.45, 2.75) is 26.2 Å². The van der Waals surface area contributed by atoms with E-state index in [4.69, 9.17) is 5.11 Å². The molecule has 1 N–H and O–H groups in total. The summed E-state index contributed by atoms with van der Waals surface area (Å²) in [6.07, 6.45) is 4.43. The van der Waals surface area contributed by atoms with Crippen molar-refractivity contribution in [1.29, 1.82) is 0 Å². The Hall–Kier alpha value is -1.91. The first-order valence-corrected chi connectivity index (χ1v) is 5.28. The van der Waals surface area contributed by atoms with E-state index in [2.05, 4.69) is 10.1 Å². The first-order valence-electron chi connectivity index (χ1n) is 5.28. The van der Waals surface area contributed by atoms with Gasteiger partial charge in [0, 0.05) is 11.4 Å². The number of rotatable bonds is 1. The molecule has 1 aliphatic carbocycles. The zero-order chi connectivity index (χ0) is 11.3. The monoisotopic (exact) mass is 217 g/mol. The standard InChI is InChI=1S/C11H11N3O2/c1-6-7-3-2-4-9(7)13-10-8(11(15)16)5-12-14(6)10/h5H,2-4H2,1H3,(H,15,16). The van der Waals surface area contributed by atoms with Crippen LogP contribution in [0.4, 0.5) is 0 Å². The molecule has 0 atom stereocenters. The SMILES string of the molecule is Cc1c2c(nc3c(C(=O)O)cnn13)CCC2. The summed E-state index contributed by atoms with van der Waals surface area (Å²) in [4.78, 5) is 15.4. The summed E-state index contributed by atoms with van der Waals surface area (Å²) in [5.41, 5.74) is 3.92. The molecular formula is C11H11N3O2. The highest BCUT2D eigenvalue weighted by Gasteiger charge is 2.21. The van der Waals surface area contributed by atoms with E-state index in [9.17, 15) is 4.79 Å². The minimum atomic E-state index is -0.972. The fourth-order valence-electron chi connectivity index (χ4n) is 2.34. The lowest BCUT2D eigenvalue weighted by molar-refractivity contribution is 0.0699. The van der Waals surface area contributed by atoms with Crippen molar-refractivity contribution < 1.29 is 9.90 Å². The maximum atomic E-state index is 11.0. The van der Waals surface area contributed by atoms with Gasteiger partial charge in [0.25, 0.3) is 0 Å². The summed E-state index contributed by atoms with van der Waals surface area (Å²) in [7, 11) is 0. The molecule has 0 saturated heterocycles. The molecule has 0 aromatic carbocycles. The minimum Gasteiger partial charge on any atom is -0.477 e. The fourth-order valence-corrected chi connectivity index (χ4v) is 2.34. The number of aryl methyl sites for hydroxylation is 2. The normalized spacial score (nSPS) is 14.3. The molecule has 0 aliphatic heterocycles. The van der Waals surface area contributed by atoms with Gasteiger partial charge < -0.3 is 5.11 Å². The largest absolute Gasteiger partial charge is 0.477 e. The topological polar surface area (TPSA) is 67.5 Å². The lowest BCUT2D eigenvalue weighted by Gasteiger charge is -2.05. The van der Waals surface area contributed by atoms with Gasteiger partial charge in [0.15, 0.2) is 5.65 Å². The number of hydrogen-bond acceptors (Lipinski definition) is 3. The van der Waals surface area contributed by atoms with Crippen LogP contribution in [0.2, 0.25) is 0 Å². The van der Waals surface area contributed by atoms with Crippen LogP contribution in [0.3, 0.4) is 0 Å². The van der Waals surface area contributed by atoms with Crippen LogP contribution in [0.15, 0.2) is 6.20 Å². The Balaban J connectivity index is 2.39. The van der Waals surface area contributed by atoms with Crippen LogP contribution in [-0.2, 0) is 12.8 Å². The van der Waals surface area contributed by atoms with Crippen LogP contribution < -0.4 is 0 Å². The lowest BCUT2D eigenvalue weighted by atomic mass is 10.2. The average Bonchev–Trinajstić information content (AvgIpc) is 2.83. The Morgan fingerprint density at radius 2 is 2.31 bits per heavy atom. The van der Waals surface area contributed by atoms with Crippen molar-refractivity contribution >= 4 is 11.6 Å². The van der Waals surface area contributed by atoms with Crippen LogP contribution >= 0.6 is 0 Å². The Bertz CT molecular complexity index is 601. The second-order valence-electron chi connectivity index (χ2n) is 4.07. The van der Waals surface area contributed by atoms with E-state index in [0.717, 1.165) is 30.7 Å². The van der Waals surface area contributed by atoms with Gasteiger partial charge in [0.05, 0.1) is 6.20 Å². The van der Waals surface area contributed by atoms with E-state index < -0.39 is 5.97 Å². The molecule has 0 amide bonds. The second kappa shape index (κ2) is 3.04. The first kappa shape index (κ1) is 9.33. The molecule has 82 valence electrons. The van der Waals surface area contributed by atoms with Gasteiger partial charge in [-0.05, 0) is 31.7 Å². The third-order valence-electron chi connectivity index (χ3n) is 3.16. The molecule has 5 nitrogen and oxygen atoms in total. The molecule has 2 aromatic rings. The van der Waals surface area contributed by atoms with E-state index in [-0.39, 0.29) is 5.56 Å². The number of carboxylic acid groups (broad SMARTS) is 1. The third-order valence-corrected chi connectivity index (χ3v) is 3.16. The summed E-state index contributed by atoms with van der Waals surface area (Å²) in [6, 6.07) is 0. The van der Waals surface area contributed by atoms with Crippen LogP contribution in [0.1, 0.15) is 33.7 Å². The van der Waals surface area contributed by atoms with E-state index in [1.54, 1.807) is 4.52 Å². The first-order chi connectivity index (χ1) is 7.68. The fraction of sp³-hybridized carbons (Fsp3) is 0.364. The highest BCUT2D eigenvalue weighted by atomic mass is 16.4. The molecule has 2 heterocycles. The Kier molecular flexibility index (Phi) is 1.77. The molecule has 16 heavy (non-hydrogen) atoms. The number of carbonyl (C=O) groups is 1. The van der Waals surface area contributed by atoms with Crippen molar-refractivity contribution in [3.63, 3.8) is 0 Å². The Labute approximate surface area is 91.7 Å². The maximum Gasteiger partial charge on any atom is 0.341 e. The number of aromatic nitrogens is 3. The molecule has 3 rings (SSSR count). The predicted octanol–water partition coefficient (Wildman–Crippen LogP) is 1.22. The Morgan fingerprint density at radius 3 is 3.06 bits per heavy atom. The smallest absolute Gasteiger partial charge is 0.341 e. The van der Waals surface area contributed by atoms with Gasteiger partial charge in [-0.15, -0.1) is 0 Å². The quantitative estimate of drug-likeness (QED) is 0.780. The van der Waals surface area contributed by atoms with Gasteiger partial charge in [-0.2, -0.15) is 5.10 Å². The van der Waals surface area contributed by atoms with Gasteiger partial charge in [-0.25, -0.2) is 14.3 Å². The van der Waals surface area contributed by atoms with E-state index in [1.807, 2.05) is 6.92 Å². The zero-order valence-electron chi connectivity index (χ0n) is 8.90. The van der Waals surface area contributed by atoms with Crippen LogP contribution in [0.5, 0.6) is 0 Å². The number of carboxylic acids is 1. The van der Waals surface area contributed by atoms with Crippen molar-refractivity contribution in [2.75, 3.05) is 0 Å². The van der Waals surface area contributed by atoms with Crippen molar-refractivity contribution in [3.8, 4) is 0 Å². The van der Waals surface area contributed by atoms with Crippen LogP contribution in [-0.4, -0.2) is 25.7 Å². The molecule has 0 fully saturated rings.